The van der Waals surface area contributed by atoms with E-state index >= 15 is 0 Å². The molecule has 0 spiro atoms. The number of esters is 1. The molecule has 0 aromatic heterocycles. The highest BCUT2D eigenvalue weighted by molar-refractivity contribution is 5.92. The molecule has 16 heavy (non-hydrogen) atoms. The minimum absolute atomic E-state index is 0.0273. The van der Waals surface area contributed by atoms with Crippen molar-refractivity contribution in [2.45, 2.75) is 33.4 Å². The van der Waals surface area contributed by atoms with Crippen LogP contribution >= 0.6 is 0 Å². The van der Waals surface area contributed by atoms with Gasteiger partial charge in [-0.05, 0) is 26.3 Å². The molecule has 0 aliphatic heterocycles. The third-order valence-electron chi connectivity index (χ3n) is 2.56. The number of alkyl halides is 3. The summed E-state index contributed by atoms with van der Waals surface area (Å²) < 4.78 is 42.8. The number of carbonyl (C=O) groups is 1. The molecule has 0 radical (unpaired) electrons. The van der Waals surface area contributed by atoms with Crippen LogP contribution in [0.15, 0.2) is 22.3 Å². The van der Waals surface area contributed by atoms with E-state index < -0.39 is 17.7 Å². The van der Waals surface area contributed by atoms with Gasteiger partial charge in [0.2, 0.25) is 0 Å². The van der Waals surface area contributed by atoms with E-state index in [1.54, 1.807) is 13.8 Å². The molecule has 0 amide bonds. The van der Waals surface area contributed by atoms with Crippen LogP contribution in [-0.2, 0) is 9.53 Å². The highest BCUT2D eigenvalue weighted by Crippen LogP contribution is 2.42. The molecule has 0 atom stereocenters. The molecule has 1 aliphatic rings. The fourth-order valence-electron chi connectivity index (χ4n) is 1.70. The van der Waals surface area contributed by atoms with Crippen molar-refractivity contribution in [2.24, 2.45) is 0 Å². The Morgan fingerprint density at radius 1 is 1.38 bits per heavy atom. The van der Waals surface area contributed by atoms with Crippen LogP contribution in [0.4, 0.5) is 13.2 Å². The highest BCUT2D eigenvalue weighted by atomic mass is 19.4. The number of hydrogen-bond acceptors (Lipinski definition) is 2. The molecule has 0 fully saturated rings. The maximum Gasteiger partial charge on any atom is 0.417 e. The number of ether oxygens (including phenoxy) is 1. The van der Waals surface area contributed by atoms with E-state index in [4.69, 9.17) is 0 Å². The maximum absolute atomic E-state index is 12.7. The van der Waals surface area contributed by atoms with Crippen molar-refractivity contribution in [2.75, 3.05) is 6.61 Å². The molecule has 0 saturated carbocycles. The Morgan fingerprint density at radius 3 is 2.38 bits per heavy atom. The normalized spacial score (nSPS) is 17.1. The van der Waals surface area contributed by atoms with E-state index in [0.29, 0.717) is 5.57 Å². The van der Waals surface area contributed by atoms with Gasteiger partial charge in [0.05, 0.1) is 17.8 Å². The van der Waals surface area contributed by atoms with Gasteiger partial charge in [0.15, 0.2) is 0 Å². The van der Waals surface area contributed by atoms with Crippen molar-refractivity contribution in [1.82, 2.24) is 0 Å². The van der Waals surface area contributed by atoms with Crippen molar-refractivity contribution < 1.29 is 22.7 Å². The van der Waals surface area contributed by atoms with E-state index in [1.165, 1.54) is 6.92 Å². The SMILES string of the molecule is CCOC(=O)C1=C(C(F)(F)F)C(C)=C(C)C1. The van der Waals surface area contributed by atoms with Gasteiger partial charge in [0.25, 0.3) is 0 Å². The monoisotopic (exact) mass is 234 g/mol. The lowest BCUT2D eigenvalue weighted by Gasteiger charge is -2.12. The van der Waals surface area contributed by atoms with Crippen LogP contribution in [0, 0.1) is 0 Å². The second-order valence-electron chi connectivity index (χ2n) is 3.65. The molecule has 0 heterocycles. The molecule has 2 nitrogen and oxygen atoms in total. The zero-order valence-electron chi connectivity index (χ0n) is 9.36. The van der Waals surface area contributed by atoms with E-state index in [1.807, 2.05) is 0 Å². The Morgan fingerprint density at radius 2 is 1.94 bits per heavy atom. The number of rotatable bonds is 2. The van der Waals surface area contributed by atoms with Gasteiger partial charge in [0, 0.05) is 6.42 Å². The molecule has 1 rings (SSSR count). The fourth-order valence-corrected chi connectivity index (χ4v) is 1.70. The first-order valence-corrected chi connectivity index (χ1v) is 4.93. The number of hydrogen-bond donors (Lipinski definition) is 0. The van der Waals surface area contributed by atoms with Gasteiger partial charge in [0.1, 0.15) is 0 Å². The molecule has 0 bridgehead atoms. The van der Waals surface area contributed by atoms with Crippen molar-refractivity contribution in [3.63, 3.8) is 0 Å². The summed E-state index contributed by atoms with van der Waals surface area (Å²) in [6.45, 7) is 4.61. The summed E-state index contributed by atoms with van der Waals surface area (Å²) in [6, 6.07) is 0. The Labute approximate surface area is 91.8 Å². The summed E-state index contributed by atoms with van der Waals surface area (Å²) in [6.07, 6.45) is -4.47. The quantitative estimate of drug-likeness (QED) is 0.686. The second-order valence-corrected chi connectivity index (χ2v) is 3.65. The smallest absolute Gasteiger partial charge is 0.417 e. The van der Waals surface area contributed by atoms with Gasteiger partial charge >= 0.3 is 12.1 Å². The van der Waals surface area contributed by atoms with Crippen molar-refractivity contribution in [3.05, 3.63) is 22.3 Å². The molecule has 0 unspecified atom stereocenters. The summed E-state index contributed by atoms with van der Waals surface area (Å²) in [7, 11) is 0. The molecule has 1 aliphatic carbocycles. The lowest BCUT2D eigenvalue weighted by Crippen LogP contribution is -2.17. The van der Waals surface area contributed by atoms with Crippen molar-refractivity contribution in [3.8, 4) is 0 Å². The van der Waals surface area contributed by atoms with E-state index in [0.717, 1.165) is 0 Å². The van der Waals surface area contributed by atoms with Crippen LogP contribution in [0.2, 0.25) is 0 Å². The van der Waals surface area contributed by atoms with Gasteiger partial charge in [-0.1, -0.05) is 5.57 Å². The minimum atomic E-state index is -4.50. The molecule has 90 valence electrons. The van der Waals surface area contributed by atoms with Crippen LogP contribution in [0.3, 0.4) is 0 Å². The van der Waals surface area contributed by atoms with Crippen LogP contribution in [0.5, 0.6) is 0 Å². The predicted molar refractivity (Wildman–Crippen MR) is 52.7 cm³/mol. The van der Waals surface area contributed by atoms with E-state index in [2.05, 4.69) is 4.74 Å². The Bertz CT molecular complexity index is 375. The molecule has 0 aromatic rings. The van der Waals surface area contributed by atoms with Crippen molar-refractivity contribution >= 4 is 5.97 Å². The lowest BCUT2D eigenvalue weighted by molar-refractivity contribution is -0.139. The molecular formula is C11H13F3O2. The van der Waals surface area contributed by atoms with Crippen LogP contribution in [0.1, 0.15) is 27.2 Å². The molecule has 5 heteroatoms. The fraction of sp³-hybridized carbons (Fsp3) is 0.545. The molecule has 0 saturated heterocycles. The third kappa shape index (κ3) is 2.28. The number of allylic oxidation sites excluding steroid dienone is 3. The topological polar surface area (TPSA) is 26.3 Å². The largest absolute Gasteiger partial charge is 0.463 e. The Balaban J connectivity index is 3.16. The maximum atomic E-state index is 12.7. The lowest BCUT2D eigenvalue weighted by atomic mass is 10.1. The summed E-state index contributed by atoms with van der Waals surface area (Å²) in [5.74, 6) is -0.869. The first-order chi connectivity index (χ1) is 7.29. The Kier molecular flexibility index (Phi) is 3.45. The van der Waals surface area contributed by atoms with Crippen LogP contribution < -0.4 is 0 Å². The first-order valence-electron chi connectivity index (χ1n) is 4.93. The molecule has 0 aromatic carbocycles. The summed E-state index contributed by atoms with van der Waals surface area (Å²) in [5, 5.41) is 0. The van der Waals surface area contributed by atoms with Gasteiger partial charge in [-0.2, -0.15) is 13.2 Å². The van der Waals surface area contributed by atoms with Crippen LogP contribution in [0.25, 0.3) is 0 Å². The number of carbonyl (C=O) groups excluding carboxylic acids is 1. The summed E-state index contributed by atoms with van der Waals surface area (Å²) in [5.41, 5.74) is -0.404. The van der Waals surface area contributed by atoms with Gasteiger partial charge in [-0.25, -0.2) is 4.79 Å². The zero-order chi connectivity index (χ0) is 12.5. The average molecular weight is 234 g/mol. The minimum Gasteiger partial charge on any atom is -0.463 e. The Hall–Kier alpha value is -1.26. The van der Waals surface area contributed by atoms with Crippen molar-refractivity contribution in [1.29, 1.82) is 0 Å². The summed E-state index contributed by atoms with van der Waals surface area (Å²) in [4.78, 5) is 11.4. The van der Waals surface area contributed by atoms with Crippen LogP contribution in [-0.4, -0.2) is 18.8 Å². The van der Waals surface area contributed by atoms with E-state index in [9.17, 15) is 18.0 Å². The third-order valence-corrected chi connectivity index (χ3v) is 2.56. The van der Waals surface area contributed by atoms with E-state index in [-0.39, 0.29) is 24.2 Å². The highest BCUT2D eigenvalue weighted by Gasteiger charge is 2.42. The van der Waals surface area contributed by atoms with Gasteiger partial charge < -0.3 is 4.74 Å². The molecule has 0 N–H and O–H groups in total. The first kappa shape index (κ1) is 12.8. The standard InChI is InChI=1S/C11H13F3O2/c1-4-16-10(15)8-5-6(2)7(3)9(8)11(12,13)14/h4-5H2,1-3H3. The second kappa shape index (κ2) is 4.31. The zero-order valence-corrected chi connectivity index (χ0v) is 9.36. The van der Waals surface area contributed by atoms with Gasteiger partial charge in [-0.15, -0.1) is 0 Å². The molecular weight excluding hydrogens is 221 g/mol. The predicted octanol–water partition coefficient (Wildman–Crippen LogP) is 3.15. The summed E-state index contributed by atoms with van der Waals surface area (Å²) >= 11 is 0. The number of halogens is 3. The van der Waals surface area contributed by atoms with Gasteiger partial charge in [-0.3, -0.25) is 0 Å². The average Bonchev–Trinajstić information content (AvgIpc) is 2.43.